The SMILES string of the molecule is Cc1nc(SC(C)C(=O)NCc2ccc3c(c2)OCO3)n(C)c(=O)c1Cc1ccccc1. The Kier molecular flexibility index (Phi) is 6.50. The minimum atomic E-state index is -0.415. The number of amides is 1. The lowest BCUT2D eigenvalue weighted by Gasteiger charge is -2.16. The van der Waals surface area contributed by atoms with Gasteiger partial charge in [0.2, 0.25) is 12.7 Å². The highest BCUT2D eigenvalue weighted by atomic mass is 32.2. The average molecular weight is 452 g/mol. The summed E-state index contributed by atoms with van der Waals surface area (Å²) in [6.07, 6.45) is 0.531. The van der Waals surface area contributed by atoms with Crippen LogP contribution < -0.4 is 20.3 Å². The molecule has 1 aliphatic heterocycles. The Hall–Kier alpha value is -3.26. The lowest BCUT2D eigenvalue weighted by Crippen LogP contribution is -2.32. The summed E-state index contributed by atoms with van der Waals surface area (Å²) in [6, 6.07) is 15.4. The first-order valence-corrected chi connectivity index (χ1v) is 11.2. The number of hydrogen-bond acceptors (Lipinski definition) is 6. The number of benzene rings is 2. The van der Waals surface area contributed by atoms with Crippen LogP contribution >= 0.6 is 11.8 Å². The van der Waals surface area contributed by atoms with Gasteiger partial charge in [-0.05, 0) is 37.1 Å². The molecule has 0 saturated carbocycles. The highest BCUT2D eigenvalue weighted by molar-refractivity contribution is 8.00. The molecule has 7 nitrogen and oxygen atoms in total. The molecule has 1 amide bonds. The van der Waals surface area contributed by atoms with Crippen molar-refractivity contribution in [1.29, 1.82) is 0 Å². The number of carbonyl (C=O) groups is 1. The Morgan fingerprint density at radius 3 is 2.69 bits per heavy atom. The molecule has 1 N–H and O–H groups in total. The fraction of sp³-hybridized carbons (Fsp3) is 0.292. The largest absolute Gasteiger partial charge is 0.454 e. The zero-order valence-electron chi connectivity index (χ0n) is 18.3. The molecule has 1 aliphatic rings. The van der Waals surface area contributed by atoms with E-state index in [1.54, 1.807) is 14.0 Å². The van der Waals surface area contributed by atoms with E-state index in [0.717, 1.165) is 11.1 Å². The number of carbonyl (C=O) groups excluding carboxylic acids is 1. The molecular weight excluding hydrogens is 426 g/mol. The van der Waals surface area contributed by atoms with Crippen LogP contribution in [-0.4, -0.2) is 27.5 Å². The van der Waals surface area contributed by atoms with Crippen LogP contribution in [0.1, 0.15) is 29.3 Å². The summed E-state index contributed by atoms with van der Waals surface area (Å²) in [5.74, 6) is 1.26. The predicted molar refractivity (Wildman–Crippen MR) is 123 cm³/mol. The van der Waals surface area contributed by atoms with Crippen LogP contribution in [0, 0.1) is 6.92 Å². The maximum atomic E-state index is 13.0. The van der Waals surface area contributed by atoms with E-state index in [0.29, 0.717) is 40.9 Å². The third-order valence-electron chi connectivity index (χ3n) is 5.33. The van der Waals surface area contributed by atoms with E-state index >= 15 is 0 Å². The molecule has 166 valence electrons. The zero-order valence-corrected chi connectivity index (χ0v) is 19.1. The van der Waals surface area contributed by atoms with Gasteiger partial charge in [-0.15, -0.1) is 0 Å². The minimum Gasteiger partial charge on any atom is -0.454 e. The monoisotopic (exact) mass is 451 g/mol. The minimum absolute atomic E-state index is 0.0863. The van der Waals surface area contributed by atoms with Gasteiger partial charge >= 0.3 is 0 Å². The first kappa shape index (κ1) is 22.0. The number of rotatable bonds is 7. The lowest BCUT2D eigenvalue weighted by molar-refractivity contribution is -0.120. The summed E-state index contributed by atoms with van der Waals surface area (Å²) in [7, 11) is 1.70. The Balaban J connectivity index is 1.41. The fourth-order valence-electron chi connectivity index (χ4n) is 3.43. The van der Waals surface area contributed by atoms with Crippen LogP contribution in [0.4, 0.5) is 0 Å². The normalized spacial score (nSPS) is 13.1. The predicted octanol–water partition coefficient (Wildman–Crippen LogP) is 3.21. The molecule has 4 rings (SSSR count). The molecule has 0 bridgehead atoms. The number of nitrogens with zero attached hydrogens (tertiary/aromatic N) is 2. The number of aromatic nitrogens is 2. The van der Waals surface area contributed by atoms with E-state index in [4.69, 9.17) is 9.47 Å². The Bertz CT molecular complexity index is 1190. The van der Waals surface area contributed by atoms with Gasteiger partial charge in [-0.25, -0.2) is 4.98 Å². The third-order valence-corrected chi connectivity index (χ3v) is 6.47. The summed E-state index contributed by atoms with van der Waals surface area (Å²) in [4.78, 5) is 30.2. The molecule has 2 aromatic carbocycles. The van der Waals surface area contributed by atoms with Crippen molar-refractivity contribution in [3.05, 3.63) is 81.3 Å². The molecule has 3 aromatic rings. The molecule has 1 atom stereocenters. The van der Waals surface area contributed by atoms with Crippen LogP contribution in [-0.2, 0) is 24.8 Å². The number of hydrogen-bond donors (Lipinski definition) is 1. The van der Waals surface area contributed by atoms with Gasteiger partial charge in [-0.2, -0.15) is 0 Å². The second-order valence-electron chi connectivity index (χ2n) is 7.65. The van der Waals surface area contributed by atoms with E-state index < -0.39 is 5.25 Å². The Morgan fingerprint density at radius 1 is 1.16 bits per heavy atom. The van der Waals surface area contributed by atoms with Gasteiger partial charge in [0.05, 0.1) is 5.25 Å². The van der Waals surface area contributed by atoms with Crippen molar-refractivity contribution in [1.82, 2.24) is 14.9 Å². The highest BCUT2D eigenvalue weighted by Gasteiger charge is 2.20. The quantitative estimate of drug-likeness (QED) is 0.439. The number of nitrogens with one attached hydrogen (secondary N) is 1. The van der Waals surface area contributed by atoms with Crippen LogP contribution in [0.15, 0.2) is 58.5 Å². The van der Waals surface area contributed by atoms with Crippen molar-refractivity contribution < 1.29 is 14.3 Å². The smallest absolute Gasteiger partial charge is 0.257 e. The molecule has 2 heterocycles. The number of aryl methyl sites for hydroxylation is 1. The van der Waals surface area contributed by atoms with Crippen molar-refractivity contribution in [3.63, 3.8) is 0 Å². The van der Waals surface area contributed by atoms with Crippen LogP contribution in [0.5, 0.6) is 11.5 Å². The van der Waals surface area contributed by atoms with E-state index in [9.17, 15) is 9.59 Å². The van der Waals surface area contributed by atoms with E-state index in [1.807, 2.05) is 55.5 Å². The van der Waals surface area contributed by atoms with E-state index in [-0.39, 0.29) is 18.3 Å². The fourth-order valence-corrected chi connectivity index (χ4v) is 4.37. The molecule has 1 aromatic heterocycles. The van der Waals surface area contributed by atoms with Gasteiger partial charge in [-0.3, -0.25) is 14.2 Å². The molecule has 32 heavy (non-hydrogen) atoms. The van der Waals surface area contributed by atoms with Gasteiger partial charge in [-0.1, -0.05) is 48.2 Å². The first-order valence-electron chi connectivity index (χ1n) is 10.4. The third kappa shape index (κ3) is 4.80. The Morgan fingerprint density at radius 2 is 1.91 bits per heavy atom. The summed E-state index contributed by atoms with van der Waals surface area (Å²) in [5, 5.41) is 3.04. The summed E-state index contributed by atoms with van der Waals surface area (Å²) < 4.78 is 12.2. The van der Waals surface area contributed by atoms with Gasteiger partial charge in [0, 0.05) is 31.3 Å². The van der Waals surface area contributed by atoms with Gasteiger partial charge in [0.15, 0.2) is 16.7 Å². The second-order valence-corrected chi connectivity index (χ2v) is 8.96. The average Bonchev–Trinajstić information content (AvgIpc) is 3.27. The number of fused-ring (bicyclic) bond motifs is 1. The summed E-state index contributed by atoms with van der Waals surface area (Å²) in [6.45, 7) is 4.24. The first-order chi connectivity index (χ1) is 15.4. The van der Waals surface area contributed by atoms with Crippen molar-refractivity contribution in [2.75, 3.05) is 6.79 Å². The van der Waals surface area contributed by atoms with Crippen LogP contribution in [0.3, 0.4) is 0 Å². The Labute approximate surface area is 190 Å². The molecule has 0 spiro atoms. The zero-order chi connectivity index (χ0) is 22.7. The molecule has 0 fully saturated rings. The topological polar surface area (TPSA) is 82.4 Å². The molecule has 1 unspecified atom stereocenters. The molecule has 8 heteroatoms. The molecular formula is C24H25N3O4S. The second kappa shape index (κ2) is 9.48. The van der Waals surface area contributed by atoms with E-state index in [2.05, 4.69) is 10.3 Å². The maximum Gasteiger partial charge on any atom is 0.257 e. The molecule has 0 radical (unpaired) electrons. The van der Waals surface area contributed by atoms with Crippen molar-refractivity contribution in [2.45, 2.75) is 37.2 Å². The highest BCUT2D eigenvalue weighted by Crippen LogP contribution is 2.32. The maximum absolute atomic E-state index is 13.0. The van der Waals surface area contributed by atoms with Crippen molar-refractivity contribution in [3.8, 4) is 11.5 Å². The standard InChI is InChI=1S/C24H25N3O4S/c1-15-19(11-17-7-5-4-6-8-17)23(29)27(3)24(26-15)32-16(2)22(28)25-13-18-9-10-20-21(12-18)31-14-30-20/h4-10,12,16H,11,13-14H2,1-3H3,(H,25,28). The van der Waals surface area contributed by atoms with E-state index in [1.165, 1.54) is 16.3 Å². The number of thioether (sulfide) groups is 1. The molecule has 0 aliphatic carbocycles. The van der Waals surface area contributed by atoms with Gasteiger partial charge in [0.1, 0.15) is 0 Å². The van der Waals surface area contributed by atoms with Crippen LogP contribution in [0.2, 0.25) is 0 Å². The lowest BCUT2D eigenvalue weighted by atomic mass is 10.1. The number of ether oxygens (including phenoxy) is 2. The molecule has 0 saturated heterocycles. The van der Waals surface area contributed by atoms with Crippen molar-refractivity contribution in [2.24, 2.45) is 7.05 Å². The van der Waals surface area contributed by atoms with Gasteiger partial charge in [0.25, 0.3) is 5.56 Å². The summed E-state index contributed by atoms with van der Waals surface area (Å²) >= 11 is 1.27. The van der Waals surface area contributed by atoms with Crippen molar-refractivity contribution >= 4 is 17.7 Å². The summed E-state index contributed by atoms with van der Waals surface area (Å²) in [5.41, 5.74) is 3.25. The van der Waals surface area contributed by atoms with Gasteiger partial charge < -0.3 is 14.8 Å². The van der Waals surface area contributed by atoms with Crippen LogP contribution in [0.25, 0.3) is 0 Å².